The van der Waals surface area contributed by atoms with E-state index >= 15 is 0 Å². The highest BCUT2D eigenvalue weighted by atomic mass is 32.2. The predicted octanol–water partition coefficient (Wildman–Crippen LogP) is 2.33. The summed E-state index contributed by atoms with van der Waals surface area (Å²) in [7, 11) is 0. The molecule has 1 aliphatic heterocycles. The van der Waals surface area contributed by atoms with Gasteiger partial charge in [-0.25, -0.2) is 0 Å². The molecule has 0 fully saturated rings. The maximum atomic E-state index is 6.04. The van der Waals surface area contributed by atoms with Crippen LogP contribution in [0.15, 0.2) is 18.2 Å². The van der Waals surface area contributed by atoms with Gasteiger partial charge in [0.05, 0.1) is 6.61 Å². The molecule has 0 saturated heterocycles. The monoisotopic (exact) mass is 209 g/mol. The molecule has 1 aliphatic rings. The second-order valence-corrected chi connectivity index (χ2v) is 4.41. The third-order valence-electron chi connectivity index (χ3n) is 2.41. The SMILES string of the molecule is CCOc1cccc2c1CSC[C@H]2N. The summed E-state index contributed by atoms with van der Waals surface area (Å²) >= 11 is 1.88. The largest absolute Gasteiger partial charge is 0.494 e. The minimum Gasteiger partial charge on any atom is -0.494 e. The molecule has 2 N–H and O–H groups in total. The normalized spacial score (nSPS) is 20.3. The Morgan fingerprint density at radius 1 is 1.57 bits per heavy atom. The molecule has 14 heavy (non-hydrogen) atoms. The van der Waals surface area contributed by atoms with Gasteiger partial charge in [0, 0.05) is 23.1 Å². The maximum absolute atomic E-state index is 6.04. The van der Waals surface area contributed by atoms with Crippen LogP contribution in [0.3, 0.4) is 0 Å². The van der Waals surface area contributed by atoms with Gasteiger partial charge < -0.3 is 10.5 Å². The molecule has 0 aliphatic carbocycles. The van der Waals surface area contributed by atoms with Crippen LogP contribution in [0.1, 0.15) is 24.1 Å². The van der Waals surface area contributed by atoms with E-state index in [1.807, 2.05) is 30.8 Å². The van der Waals surface area contributed by atoms with E-state index in [-0.39, 0.29) is 6.04 Å². The van der Waals surface area contributed by atoms with Crippen LogP contribution in [0.2, 0.25) is 0 Å². The maximum Gasteiger partial charge on any atom is 0.123 e. The fourth-order valence-corrected chi connectivity index (χ4v) is 2.82. The van der Waals surface area contributed by atoms with Crippen molar-refractivity contribution in [2.24, 2.45) is 5.73 Å². The van der Waals surface area contributed by atoms with E-state index in [1.165, 1.54) is 11.1 Å². The third kappa shape index (κ3) is 1.74. The Labute approximate surface area is 88.8 Å². The first-order valence-corrected chi connectivity index (χ1v) is 6.06. The second kappa shape index (κ2) is 4.24. The topological polar surface area (TPSA) is 35.2 Å². The summed E-state index contributed by atoms with van der Waals surface area (Å²) in [6, 6.07) is 6.34. The van der Waals surface area contributed by atoms with Crippen molar-refractivity contribution in [1.29, 1.82) is 0 Å². The van der Waals surface area contributed by atoms with E-state index in [1.54, 1.807) is 0 Å². The molecule has 0 amide bonds. The van der Waals surface area contributed by atoms with Crippen LogP contribution in [0.5, 0.6) is 5.75 Å². The fraction of sp³-hybridized carbons (Fsp3) is 0.455. The predicted molar refractivity (Wildman–Crippen MR) is 60.7 cm³/mol. The first kappa shape index (κ1) is 9.87. The van der Waals surface area contributed by atoms with Gasteiger partial charge in [-0.1, -0.05) is 12.1 Å². The van der Waals surface area contributed by atoms with Crippen LogP contribution in [-0.4, -0.2) is 12.4 Å². The molecule has 3 heteroatoms. The average molecular weight is 209 g/mol. The van der Waals surface area contributed by atoms with Crippen LogP contribution in [0.25, 0.3) is 0 Å². The molecule has 0 saturated carbocycles. The summed E-state index contributed by atoms with van der Waals surface area (Å²) < 4.78 is 5.58. The summed E-state index contributed by atoms with van der Waals surface area (Å²) in [6.07, 6.45) is 0. The fourth-order valence-electron chi connectivity index (χ4n) is 1.75. The van der Waals surface area contributed by atoms with Gasteiger partial charge in [-0.15, -0.1) is 0 Å². The van der Waals surface area contributed by atoms with Gasteiger partial charge in [0.25, 0.3) is 0 Å². The van der Waals surface area contributed by atoms with Crippen molar-refractivity contribution in [2.45, 2.75) is 18.7 Å². The van der Waals surface area contributed by atoms with Crippen molar-refractivity contribution in [3.8, 4) is 5.75 Å². The van der Waals surface area contributed by atoms with Gasteiger partial charge in [0.1, 0.15) is 5.75 Å². The van der Waals surface area contributed by atoms with Crippen LogP contribution < -0.4 is 10.5 Å². The summed E-state index contributed by atoms with van der Waals surface area (Å²) in [6.45, 7) is 2.73. The van der Waals surface area contributed by atoms with Crippen molar-refractivity contribution in [2.75, 3.05) is 12.4 Å². The molecule has 2 rings (SSSR count). The van der Waals surface area contributed by atoms with E-state index in [0.29, 0.717) is 0 Å². The molecule has 2 nitrogen and oxygen atoms in total. The second-order valence-electron chi connectivity index (χ2n) is 3.38. The molecule has 76 valence electrons. The Kier molecular flexibility index (Phi) is 2.99. The number of rotatable bonds is 2. The number of benzene rings is 1. The van der Waals surface area contributed by atoms with Gasteiger partial charge in [0.15, 0.2) is 0 Å². The molecule has 0 radical (unpaired) electrons. The van der Waals surface area contributed by atoms with Crippen molar-refractivity contribution in [1.82, 2.24) is 0 Å². The summed E-state index contributed by atoms with van der Waals surface area (Å²) in [5.74, 6) is 3.05. The Hall–Kier alpha value is -0.670. The molecule has 1 aromatic rings. The third-order valence-corrected chi connectivity index (χ3v) is 3.50. The number of ether oxygens (including phenoxy) is 1. The standard InChI is InChI=1S/C11H15NOS/c1-2-13-11-5-3-4-8-9(11)6-14-7-10(8)12/h3-5,10H,2,6-7,12H2,1H3/t10-/m1/s1. The van der Waals surface area contributed by atoms with E-state index in [2.05, 4.69) is 6.07 Å². The van der Waals surface area contributed by atoms with Crippen LogP contribution >= 0.6 is 11.8 Å². The average Bonchev–Trinajstić information content (AvgIpc) is 2.20. The zero-order valence-electron chi connectivity index (χ0n) is 8.32. The minimum absolute atomic E-state index is 0.171. The molecule has 0 unspecified atom stereocenters. The lowest BCUT2D eigenvalue weighted by Gasteiger charge is -2.23. The lowest BCUT2D eigenvalue weighted by molar-refractivity contribution is 0.337. The first-order valence-electron chi connectivity index (χ1n) is 4.91. The number of hydrogen-bond donors (Lipinski definition) is 1. The van der Waals surface area contributed by atoms with Gasteiger partial charge >= 0.3 is 0 Å². The van der Waals surface area contributed by atoms with E-state index in [9.17, 15) is 0 Å². The molecular formula is C11H15NOS. The number of thioether (sulfide) groups is 1. The Morgan fingerprint density at radius 3 is 3.21 bits per heavy atom. The summed E-state index contributed by atoms with van der Waals surface area (Å²) in [5.41, 5.74) is 8.58. The highest BCUT2D eigenvalue weighted by Crippen LogP contribution is 2.35. The highest BCUT2D eigenvalue weighted by Gasteiger charge is 2.19. The first-order chi connectivity index (χ1) is 6.83. The lowest BCUT2D eigenvalue weighted by Crippen LogP contribution is -2.19. The van der Waals surface area contributed by atoms with E-state index < -0.39 is 0 Å². The molecule has 0 bridgehead atoms. The van der Waals surface area contributed by atoms with Gasteiger partial charge in [-0.05, 0) is 18.6 Å². The number of nitrogens with two attached hydrogens (primary N) is 1. The summed E-state index contributed by atoms with van der Waals surface area (Å²) in [4.78, 5) is 0. The molecule has 0 aromatic heterocycles. The van der Waals surface area contributed by atoms with E-state index in [0.717, 1.165) is 23.9 Å². The van der Waals surface area contributed by atoms with Crippen LogP contribution in [0, 0.1) is 0 Å². The smallest absolute Gasteiger partial charge is 0.123 e. The Morgan fingerprint density at radius 2 is 2.43 bits per heavy atom. The molecule has 1 atom stereocenters. The quantitative estimate of drug-likeness (QED) is 0.812. The number of hydrogen-bond acceptors (Lipinski definition) is 3. The van der Waals surface area contributed by atoms with Gasteiger partial charge in [-0.3, -0.25) is 0 Å². The van der Waals surface area contributed by atoms with Crippen molar-refractivity contribution in [3.05, 3.63) is 29.3 Å². The van der Waals surface area contributed by atoms with Crippen molar-refractivity contribution < 1.29 is 4.74 Å². The Bertz CT molecular complexity index is 327. The van der Waals surface area contributed by atoms with Crippen molar-refractivity contribution >= 4 is 11.8 Å². The molecule has 1 heterocycles. The van der Waals surface area contributed by atoms with Crippen LogP contribution in [0.4, 0.5) is 0 Å². The lowest BCUT2D eigenvalue weighted by atomic mass is 10.0. The van der Waals surface area contributed by atoms with E-state index in [4.69, 9.17) is 10.5 Å². The molecular weight excluding hydrogens is 194 g/mol. The highest BCUT2D eigenvalue weighted by molar-refractivity contribution is 7.98. The number of fused-ring (bicyclic) bond motifs is 1. The Balaban J connectivity index is 2.39. The van der Waals surface area contributed by atoms with Gasteiger partial charge in [0.2, 0.25) is 0 Å². The zero-order chi connectivity index (χ0) is 9.97. The zero-order valence-corrected chi connectivity index (χ0v) is 9.14. The van der Waals surface area contributed by atoms with Crippen molar-refractivity contribution in [3.63, 3.8) is 0 Å². The molecule has 0 spiro atoms. The minimum atomic E-state index is 0.171. The van der Waals surface area contributed by atoms with Crippen LogP contribution in [-0.2, 0) is 5.75 Å². The van der Waals surface area contributed by atoms with Gasteiger partial charge in [-0.2, -0.15) is 11.8 Å². The molecule has 1 aromatic carbocycles. The summed E-state index contributed by atoms with van der Waals surface area (Å²) in [5, 5.41) is 0.